The molecule has 0 heterocycles. The van der Waals surface area contributed by atoms with Crippen molar-refractivity contribution in [1.29, 1.82) is 0 Å². The molecule has 0 aliphatic carbocycles. The molecule has 0 radical (unpaired) electrons. The molecule has 0 rings (SSSR count). The summed E-state index contributed by atoms with van der Waals surface area (Å²) in [5, 5.41) is 2.89. The summed E-state index contributed by atoms with van der Waals surface area (Å²) < 4.78 is 0. The zero-order valence-electron chi connectivity index (χ0n) is 9.26. The predicted octanol–water partition coefficient (Wildman–Crippen LogP) is 2.23. The predicted molar refractivity (Wildman–Crippen MR) is 55.8 cm³/mol. The van der Waals surface area contributed by atoms with Gasteiger partial charge in [0.25, 0.3) is 0 Å². The van der Waals surface area contributed by atoms with Gasteiger partial charge in [-0.25, -0.2) is 4.79 Å². The molecule has 0 saturated carbocycles. The molecule has 13 heavy (non-hydrogen) atoms. The lowest BCUT2D eigenvalue weighted by Crippen LogP contribution is -2.44. The highest BCUT2D eigenvalue weighted by Gasteiger charge is 2.14. The molecule has 0 aromatic heterocycles. The van der Waals surface area contributed by atoms with Gasteiger partial charge in [0.1, 0.15) is 0 Å². The van der Waals surface area contributed by atoms with Crippen LogP contribution >= 0.6 is 0 Å². The number of nitrogens with zero attached hydrogens (tertiary/aromatic N) is 1. The molecule has 3 heteroatoms. The van der Waals surface area contributed by atoms with Crippen LogP contribution in [0, 0.1) is 0 Å². The molecule has 0 aliphatic rings. The number of carbonyl (C=O) groups is 1. The van der Waals surface area contributed by atoms with Crippen molar-refractivity contribution in [2.75, 3.05) is 13.1 Å². The molecule has 0 atom stereocenters. The Bertz CT molecular complexity index is 146. The van der Waals surface area contributed by atoms with Gasteiger partial charge in [-0.15, -0.1) is 0 Å². The van der Waals surface area contributed by atoms with E-state index in [0.717, 1.165) is 25.9 Å². The van der Waals surface area contributed by atoms with Crippen molar-refractivity contribution in [3.63, 3.8) is 0 Å². The second-order valence-corrected chi connectivity index (χ2v) is 3.52. The standard InChI is InChI=1S/C10H22N2O/c1-5-7-11-10(13)12(8-6-2)9(3)4/h9H,5-8H2,1-4H3,(H,11,13). The van der Waals surface area contributed by atoms with Gasteiger partial charge in [0.2, 0.25) is 0 Å². The molecule has 1 N–H and O–H groups in total. The molecule has 0 fully saturated rings. The van der Waals surface area contributed by atoms with Gasteiger partial charge < -0.3 is 10.2 Å². The zero-order valence-corrected chi connectivity index (χ0v) is 9.26. The van der Waals surface area contributed by atoms with Crippen LogP contribution in [0.2, 0.25) is 0 Å². The summed E-state index contributed by atoms with van der Waals surface area (Å²) in [4.78, 5) is 13.4. The van der Waals surface area contributed by atoms with E-state index in [1.165, 1.54) is 0 Å². The van der Waals surface area contributed by atoms with Crippen molar-refractivity contribution in [3.05, 3.63) is 0 Å². The third kappa shape index (κ3) is 4.76. The minimum atomic E-state index is 0.0682. The molecular formula is C10H22N2O. The van der Waals surface area contributed by atoms with Gasteiger partial charge in [-0.2, -0.15) is 0 Å². The first-order valence-corrected chi connectivity index (χ1v) is 5.17. The average Bonchev–Trinajstić information content (AvgIpc) is 2.09. The van der Waals surface area contributed by atoms with E-state index in [1.807, 2.05) is 18.7 Å². The summed E-state index contributed by atoms with van der Waals surface area (Å²) in [6.07, 6.45) is 2.00. The highest BCUT2D eigenvalue weighted by atomic mass is 16.2. The normalized spacial score (nSPS) is 10.2. The molecular weight excluding hydrogens is 164 g/mol. The van der Waals surface area contributed by atoms with Crippen molar-refractivity contribution >= 4 is 6.03 Å². The van der Waals surface area contributed by atoms with Crippen molar-refractivity contribution in [2.24, 2.45) is 0 Å². The number of hydrogen-bond donors (Lipinski definition) is 1. The van der Waals surface area contributed by atoms with Gasteiger partial charge in [0.15, 0.2) is 0 Å². The second-order valence-electron chi connectivity index (χ2n) is 3.52. The molecule has 0 spiro atoms. The van der Waals surface area contributed by atoms with E-state index in [0.29, 0.717) is 0 Å². The first-order chi connectivity index (χ1) is 6.13. The Labute approximate surface area is 81.5 Å². The van der Waals surface area contributed by atoms with E-state index in [9.17, 15) is 4.79 Å². The monoisotopic (exact) mass is 186 g/mol. The first kappa shape index (κ1) is 12.3. The third-order valence-electron chi connectivity index (χ3n) is 1.87. The summed E-state index contributed by atoms with van der Waals surface area (Å²) in [6.45, 7) is 9.84. The number of nitrogens with one attached hydrogen (secondary N) is 1. The molecule has 0 aromatic rings. The zero-order chi connectivity index (χ0) is 10.3. The van der Waals surface area contributed by atoms with Crippen LogP contribution in [0.1, 0.15) is 40.5 Å². The van der Waals surface area contributed by atoms with Crippen LogP contribution in [0.5, 0.6) is 0 Å². The summed E-state index contributed by atoms with van der Waals surface area (Å²) in [6, 6.07) is 0.357. The van der Waals surface area contributed by atoms with E-state index < -0.39 is 0 Å². The molecule has 2 amide bonds. The number of amides is 2. The average molecular weight is 186 g/mol. The number of carbonyl (C=O) groups excluding carboxylic acids is 1. The lowest BCUT2D eigenvalue weighted by molar-refractivity contribution is 0.183. The van der Waals surface area contributed by atoms with E-state index >= 15 is 0 Å². The fourth-order valence-electron chi connectivity index (χ4n) is 1.17. The van der Waals surface area contributed by atoms with E-state index in [-0.39, 0.29) is 12.1 Å². The smallest absolute Gasteiger partial charge is 0.317 e. The minimum absolute atomic E-state index is 0.0682. The summed E-state index contributed by atoms with van der Waals surface area (Å²) in [5.74, 6) is 0. The van der Waals surface area contributed by atoms with E-state index in [2.05, 4.69) is 19.2 Å². The van der Waals surface area contributed by atoms with Crippen LogP contribution in [0.15, 0.2) is 0 Å². The molecule has 0 bridgehead atoms. The highest BCUT2D eigenvalue weighted by Crippen LogP contribution is 1.99. The number of urea groups is 1. The Morgan fingerprint density at radius 2 is 1.92 bits per heavy atom. The van der Waals surface area contributed by atoms with Crippen LogP contribution in [0.25, 0.3) is 0 Å². The minimum Gasteiger partial charge on any atom is -0.338 e. The Kier molecular flexibility index (Phi) is 6.37. The lowest BCUT2D eigenvalue weighted by Gasteiger charge is -2.26. The quantitative estimate of drug-likeness (QED) is 0.701. The van der Waals surface area contributed by atoms with Gasteiger partial charge in [0, 0.05) is 19.1 Å². The first-order valence-electron chi connectivity index (χ1n) is 5.17. The molecule has 0 saturated heterocycles. The number of rotatable bonds is 5. The van der Waals surface area contributed by atoms with Crippen LogP contribution < -0.4 is 5.32 Å². The molecule has 78 valence electrons. The Hall–Kier alpha value is -0.730. The maximum atomic E-state index is 11.5. The largest absolute Gasteiger partial charge is 0.338 e. The van der Waals surface area contributed by atoms with Gasteiger partial charge in [-0.1, -0.05) is 13.8 Å². The van der Waals surface area contributed by atoms with Crippen LogP contribution in [-0.4, -0.2) is 30.1 Å². The maximum absolute atomic E-state index is 11.5. The number of hydrogen-bond acceptors (Lipinski definition) is 1. The highest BCUT2D eigenvalue weighted by molar-refractivity contribution is 5.74. The molecule has 0 aromatic carbocycles. The van der Waals surface area contributed by atoms with Crippen molar-refractivity contribution < 1.29 is 4.79 Å². The summed E-state index contributed by atoms with van der Waals surface area (Å²) >= 11 is 0. The Morgan fingerprint density at radius 3 is 2.31 bits per heavy atom. The lowest BCUT2D eigenvalue weighted by atomic mass is 10.3. The van der Waals surface area contributed by atoms with Crippen molar-refractivity contribution in [1.82, 2.24) is 10.2 Å². The van der Waals surface area contributed by atoms with Gasteiger partial charge in [-0.3, -0.25) is 0 Å². The van der Waals surface area contributed by atoms with Crippen LogP contribution in [0.4, 0.5) is 4.79 Å². The topological polar surface area (TPSA) is 32.3 Å². The van der Waals surface area contributed by atoms with Crippen molar-refractivity contribution in [3.8, 4) is 0 Å². The SMILES string of the molecule is CCCNC(=O)N(CCC)C(C)C. The van der Waals surface area contributed by atoms with Gasteiger partial charge in [0.05, 0.1) is 0 Å². The van der Waals surface area contributed by atoms with Gasteiger partial charge >= 0.3 is 6.03 Å². The maximum Gasteiger partial charge on any atom is 0.317 e. The van der Waals surface area contributed by atoms with E-state index in [4.69, 9.17) is 0 Å². The molecule has 0 aliphatic heterocycles. The molecule has 3 nitrogen and oxygen atoms in total. The van der Waals surface area contributed by atoms with Crippen molar-refractivity contribution in [2.45, 2.75) is 46.6 Å². The summed E-state index contributed by atoms with van der Waals surface area (Å²) in [7, 11) is 0. The fourth-order valence-corrected chi connectivity index (χ4v) is 1.17. The molecule has 0 unspecified atom stereocenters. The third-order valence-corrected chi connectivity index (χ3v) is 1.87. The van der Waals surface area contributed by atoms with Crippen LogP contribution in [0.3, 0.4) is 0 Å². The fraction of sp³-hybridized carbons (Fsp3) is 0.900. The Morgan fingerprint density at radius 1 is 1.31 bits per heavy atom. The Balaban J connectivity index is 3.96. The second kappa shape index (κ2) is 6.75. The van der Waals surface area contributed by atoms with Gasteiger partial charge in [-0.05, 0) is 26.7 Å². The van der Waals surface area contributed by atoms with E-state index in [1.54, 1.807) is 0 Å². The van der Waals surface area contributed by atoms with Crippen LogP contribution in [-0.2, 0) is 0 Å². The summed E-state index contributed by atoms with van der Waals surface area (Å²) in [5.41, 5.74) is 0.